The van der Waals surface area contributed by atoms with Crippen molar-refractivity contribution in [3.05, 3.63) is 38.4 Å². The van der Waals surface area contributed by atoms with E-state index in [9.17, 15) is 0 Å². The van der Waals surface area contributed by atoms with Gasteiger partial charge in [-0.2, -0.15) is 5.10 Å². The summed E-state index contributed by atoms with van der Waals surface area (Å²) >= 11 is 6.79. The van der Waals surface area contributed by atoms with Gasteiger partial charge in [0.05, 0.1) is 17.2 Å². The van der Waals surface area contributed by atoms with Gasteiger partial charge in [0, 0.05) is 24.3 Å². The standard InChI is InChI=1S/C13H15Br2N3O/c1-18-12-4-2-3-11(9(12)7-17-18)16-6-8-5-10(14)13(15)19-8/h5,7,11,16H,2-4,6H2,1H3. The molecule has 0 amide bonds. The largest absolute Gasteiger partial charge is 0.452 e. The number of fused-ring (bicyclic) bond motifs is 1. The maximum Gasteiger partial charge on any atom is 0.183 e. The predicted molar refractivity (Wildman–Crippen MR) is 79.8 cm³/mol. The molecule has 19 heavy (non-hydrogen) atoms. The van der Waals surface area contributed by atoms with E-state index in [0.717, 1.165) is 34.3 Å². The van der Waals surface area contributed by atoms with Crippen molar-refractivity contribution < 1.29 is 4.42 Å². The molecule has 0 saturated carbocycles. The molecule has 1 aliphatic rings. The number of aryl methyl sites for hydroxylation is 1. The van der Waals surface area contributed by atoms with Crippen LogP contribution < -0.4 is 5.32 Å². The Balaban J connectivity index is 1.71. The molecule has 0 spiro atoms. The van der Waals surface area contributed by atoms with Gasteiger partial charge < -0.3 is 9.73 Å². The van der Waals surface area contributed by atoms with Crippen LogP contribution in [0.5, 0.6) is 0 Å². The third kappa shape index (κ3) is 2.66. The minimum Gasteiger partial charge on any atom is -0.452 e. The molecule has 102 valence electrons. The predicted octanol–water partition coefficient (Wildman–Crippen LogP) is 3.71. The lowest BCUT2D eigenvalue weighted by molar-refractivity contribution is 0.407. The van der Waals surface area contributed by atoms with Crippen LogP contribution in [-0.2, 0) is 20.0 Å². The number of rotatable bonds is 3. The first-order valence-corrected chi connectivity index (χ1v) is 7.91. The quantitative estimate of drug-likeness (QED) is 0.871. The van der Waals surface area contributed by atoms with Crippen molar-refractivity contribution in [3.63, 3.8) is 0 Å². The zero-order valence-corrected chi connectivity index (χ0v) is 13.8. The second-order valence-electron chi connectivity index (χ2n) is 4.83. The third-order valence-corrected chi connectivity index (χ3v) is 5.30. The van der Waals surface area contributed by atoms with Crippen molar-refractivity contribution in [2.24, 2.45) is 7.05 Å². The van der Waals surface area contributed by atoms with Crippen molar-refractivity contribution in [2.75, 3.05) is 0 Å². The molecule has 1 N–H and O–H groups in total. The molecule has 0 radical (unpaired) electrons. The van der Waals surface area contributed by atoms with E-state index in [4.69, 9.17) is 4.42 Å². The van der Waals surface area contributed by atoms with E-state index in [1.54, 1.807) is 0 Å². The van der Waals surface area contributed by atoms with Gasteiger partial charge in [0.1, 0.15) is 5.76 Å². The van der Waals surface area contributed by atoms with Gasteiger partial charge in [0.2, 0.25) is 0 Å². The number of nitrogens with one attached hydrogen (secondary N) is 1. The van der Waals surface area contributed by atoms with Gasteiger partial charge in [0.25, 0.3) is 0 Å². The summed E-state index contributed by atoms with van der Waals surface area (Å²) in [5.41, 5.74) is 2.68. The molecule has 4 nitrogen and oxygen atoms in total. The van der Waals surface area contributed by atoms with Gasteiger partial charge in [-0.25, -0.2) is 0 Å². The Labute approximate surface area is 128 Å². The topological polar surface area (TPSA) is 43.0 Å². The van der Waals surface area contributed by atoms with Crippen LogP contribution in [0, 0.1) is 0 Å². The SMILES string of the molecule is Cn1ncc2c1CCCC2NCc1cc(Br)c(Br)o1. The van der Waals surface area contributed by atoms with E-state index in [-0.39, 0.29) is 0 Å². The zero-order chi connectivity index (χ0) is 13.4. The summed E-state index contributed by atoms with van der Waals surface area (Å²) in [7, 11) is 2.02. The van der Waals surface area contributed by atoms with Gasteiger partial charge in [-0.05, 0) is 57.2 Å². The molecule has 1 aliphatic carbocycles. The van der Waals surface area contributed by atoms with Crippen LogP contribution in [0.2, 0.25) is 0 Å². The van der Waals surface area contributed by atoms with Crippen LogP contribution in [0.4, 0.5) is 0 Å². The van der Waals surface area contributed by atoms with Gasteiger partial charge >= 0.3 is 0 Å². The molecule has 0 aromatic carbocycles. The van der Waals surface area contributed by atoms with Crippen LogP contribution in [0.1, 0.15) is 35.9 Å². The molecular formula is C13H15Br2N3O. The van der Waals surface area contributed by atoms with Crippen molar-refractivity contribution in [1.82, 2.24) is 15.1 Å². The maximum atomic E-state index is 5.58. The molecule has 2 heterocycles. The fourth-order valence-electron chi connectivity index (χ4n) is 2.62. The maximum absolute atomic E-state index is 5.58. The van der Waals surface area contributed by atoms with Gasteiger partial charge in [-0.3, -0.25) is 4.68 Å². The average molecular weight is 389 g/mol. The van der Waals surface area contributed by atoms with Crippen LogP contribution in [0.25, 0.3) is 0 Å². The van der Waals surface area contributed by atoms with E-state index in [1.165, 1.54) is 17.7 Å². The molecular weight excluding hydrogens is 374 g/mol. The second-order valence-corrected chi connectivity index (χ2v) is 6.40. The van der Waals surface area contributed by atoms with Crippen molar-refractivity contribution in [3.8, 4) is 0 Å². The Morgan fingerprint density at radius 2 is 2.37 bits per heavy atom. The number of halogens is 2. The highest BCUT2D eigenvalue weighted by molar-refractivity contribution is 9.13. The zero-order valence-electron chi connectivity index (χ0n) is 10.6. The van der Waals surface area contributed by atoms with Gasteiger partial charge in [0.15, 0.2) is 4.67 Å². The van der Waals surface area contributed by atoms with Crippen LogP contribution in [-0.4, -0.2) is 9.78 Å². The molecule has 2 aromatic rings. The number of furan rings is 1. The minimum absolute atomic E-state index is 0.375. The number of hydrogen-bond donors (Lipinski definition) is 1. The Morgan fingerprint density at radius 3 is 3.11 bits per heavy atom. The molecule has 2 aromatic heterocycles. The summed E-state index contributed by atoms with van der Waals surface area (Å²) in [6, 6.07) is 2.37. The first kappa shape index (κ1) is 13.4. The minimum atomic E-state index is 0.375. The van der Waals surface area contributed by atoms with E-state index < -0.39 is 0 Å². The molecule has 3 rings (SSSR count). The molecule has 0 aliphatic heterocycles. The Hall–Kier alpha value is -0.590. The summed E-state index contributed by atoms with van der Waals surface area (Å²) in [5, 5.41) is 7.92. The van der Waals surface area contributed by atoms with E-state index in [2.05, 4.69) is 42.3 Å². The molecule has 0 saturated heterocycles. The van der Waals surface area contributed by atoms with Crippen molar-refractivity contribution >= 4 is 31.9 Å². The molecule has 0 bridgehead atoms. The van der Waals surface area contributed by atoms with Gasteiger partial charge in [-0.15, -0.1) is 0 Å². The first-order chi connectivity index (χ1) is 9.15. The lowest BCUT2D eigenvalue weighted by Crippen LogP contribution is -2.24. The number of nitrogens with zero attached hydrogens (tertiary/aromatic N) is 2. The van der Waals surface area contributed by atoms with Crippen molar-refractivity contribution in [2.45, 2.75) is 31.8 Å². The fourth-order valence-corrected chi connectivity index (χ4v) is 3.28. The molecule has 1 unspecified atom stereocenters. The summed E-state index contributed by atoms with van der Waals surface area (Å²) in [5.74, 6) is 0.926. The lowest BCUT2D eigenvalue weighted by Gasteiger charge is -2.23. The van der Waals surface area contributed by atoms with Crippen LogP contribution in [0.3, 0.4) is 0 Å². The summed E-state index contributed by atoms with van der Waals surface area (Å²) in [4.78, 5) is 0. The Kier molecular flexibility index (Phi) is 3.82. The van der Waals surface area contributed by atoms with Gasteiger partial charge in [-0.1, -0.05) is 0 Å². The summed E-state index contributed by atoms with van der Waals surface area (Å²) in [6.07, 6.45) is 5.47. The number of hydrogen-bond acceptors (Lipinski definition) is 3. The highest BCUT2D eigenvalue weighted by Gasteiger charge is 2.23. The lowest BCUT2D eigenvalue weighted by atomic mass is 9.93. The van der Waals surface area contributed by atoms with Crippen LogP contribution >= 0.6 is 31.9 Å². The molecule has 6 heteroatoms. The van der Waals surface area contributed by atoms with E-state index >= 15 is 0 Å². The average Bonchev–Trinajstić information content (AvgIpc) is 2.92. The Morgan fingerprint density at radius 1 is 1.53 bits per heavy atom. The van der Waals surface area contributed by atoms with E-state index in [1.807, 2.05) is 24.0 Å². The molecule has 1 atom stereocenters. The summed E-state index contributed by atoms with van der Waals surface area (Å²) in [6.45, 7) is 0.725. The molecule has 0 fully saturated rings. The second kappa shape index (κ2) is 5.42. The smallest absolute Gasteiger partial charge is 0.183 e. The fraction of sp³-hybridized carbons (Fsp3) is 0.462. The first-order valence-electron chi connectivity index (χ1n) is 6.33. The van der Waals surface area contributed by atoms with Crippen molar-refractivity contribution in [1.29, 1.82) is 0 Å². The highest BCUT2D eigenvalue weighted by atomic mass is 79.9. The number of aromatic nitrogens is 2. The third-order valence-electron chi connectivity index (χ3n) is 3.59. The monoisotopic (exact) mass is 387 g/mol. The Bertz CT molecular complexity index is 571. The van der Waals surface area contributed by atoms with Crippen LogP contribution in [0.15, 0.2) is 25.8 Å². The normalized spacial score (nSPS) is 18.6. The summed E-state index contributed by atoms with van der Waals surface area (Å²) < 4.78 is 9.27. The highest BCUT2D eigenvalue weighted by Crippen LogP contribution is 2.30. The van der Waals surface area contributed by atoms with E-state index in [0.29, 0.717) is 6.04 Å².